The van der Waals surface area contributed by atoms with E-state index in [0.717, 1.165) is 61.6 Å². The van der Waals surface area contributed by atoms with Crippen LogP contribution >= 0.6 is 24.0 Å². The highest BCUT2D eigenvalue weighted by atomic mass is 32.2. The van der Waals surface area contributed by atoms with Crippen molar-refractivity contribution in [1.82, 2.24) is 25.3 Å². The van der Waals surface area contributed by atoms with E-state index in [0.29, 0.717) is 22.8 Å². The molecular weight excluding hydrogens is 542 g/mol. The molecule has 0 saturated heterocycles. The lowest BCUT2D eigenvalue weighted by atomic mass is 9.79. The van der Waals surface area contributed by atoms with E-state index in [-0.39, 0.29) is 11.2 Å². The van der Waals surface area contributed by atoms with Crippen molar-refractivity contribution >= 4 is 40.9 Å². The van der Waals surface area contributed by atoms with Crippen molar-refractivity contribution in [1.29, 1.82) is 0 Å². The minimum atomic E-state index is -0.217. The quantitative estimate of drug-likeness (QED) is 0.160. The highest BCUT2D eigenvalue weighted by Gasteiger charge is 2.35. The fourth-order valence-electron chi connectivity index (χ4n) is 5.62. The van der Waals surface area contributed by atoms with Crippen LogP contribution in [0.15, 0.2) is 83.2 Å². The first-order chi connectivity index (χ1) is 19.6. The summed E-state index contributed by atoms with van der Waals surface area (Å²) < 4.78 is 13.6. The van der Waals surface area contributed by atoms with Gasteiger partial charge in [-0.2, -0.15) is 4.98 Å². The lowest BCUT2D eigenvalue weighted by Gasteiger charge is -2.31. The molecule has 0 amide bonds. The zero-order valence-electron chi connectivity index (χ0n) is 22.0. The first-order valence-electron chi connectivity index (χ1n) is 13.5. The zero-order chi connectivity index (χ0) is 27.4. The van der Waals surface area contributed by atoms with Gasteiger partial charge in [0.05, 0.1) is 0 Å². The van der Waals surface area contributed by atoms with Gasteiger partial charge < -0.3 is 15.5 Å². The Balaban J connectivity index is 1.21. The van der Waals surface area contributed by atoms with Gasteiger partial charge in [-0.3, -0.25) is 0 Å². The molecule has 1 aliphatic heterocycles. The summed E-state index contributed by atoms with van der Waals surface area (Å²) in [6.07, 6.45) is 8.76. The molecule has 2 N–H and O–H groups in total. The topological polar surface area (TPSA) is 78.9 Å². The molecule has 40 heavy (non-hydrogen) atoms. The van der Waals surface area contributed by atoms with E-state index in [9.17, 15) is 4.39 Å². The molecule has 1 saturated carbocycles. The second-order valence-corrected chi connectivity index (χ2v) is 11.7. The summed E-state index contributed by atoms with van der Waals surface area (Å²) in [4.78, 5) is 20.6. The second kappa shape index (κ2) is 11.9. The number of hydrogen-bond donors (Lipinski definition) is 2. The molecule has 1 fully saturated rings. The van der Waals surface area contributed by atoms with Crippen molar-refractivity contribution in [2.24, 2.45) is 0 Å². The van der Waals surface area contributed by atoms with Gasteiger partial charge in [-0.15, -0.1) is 0 Å². The van der Waals surface area contributed by atoms with Crippen LogP contribution in [0.1, 0.15) is 42.4 Å². The minimum absolute atomic E-state index is 0.0744. The molecule has 0 spiro atoms. The van der Waals surface area contributed by atoms with E-state index in [4.69, 9.17) is 22.2 Å². The van der Waals surface area contributed by atoms with Crippen LogP contribution in [0.5, 0.6) is 0 Å². The average molecular weight is 572 g/mol. The first-order valence-corrected chi connectivity index (χ1v) is 14.8. The number of hydrogen-bond acceptors (Lipinski definition) is 7. The van der Waals surface area contributed by atoms with Crippen LogP contribution < -0.4 is 15.5 Å². The van der Waals surface area contributed by atoms with Gasteiger partial charge in [0, 0.05) is 43.5 Å². The van der Waals surface area contributed by atoms with Crippen LogP contribution in [0.3, 0.4) is 0 Å². The number of thiocarbonyl (C=S) groups is 1. The van der Waals surface area contributed by atoms with Gasteiger partial charge in [-0.1, -0.05) is 49.2 Å². The Morgan fingerprint density at radius 3 is 2.50 bits per heavy atom. The summed E-state index contributed by atoms with van der Waals surface area (Å²) in [5, 5.41) is 8.45. The monoisotopic (exact) mass is 571 g/mol. The normalized spacial score (nSPS) is 15.9. The van der Waals surface area contributed by atoms with Crippen molar-refractivity contribution < 1.29 is 4.39 Å². The number of nitrogens with one attached hydrogen (secondary N) is 2. The minimum Gasteiger partial charge on any atom is -0.361 e. The maximum atomic E-state index is 13.6. The third kappa shape index (κ3) is 6.08. The van der Waals surface area contributed by atoms with E-state index in [2.05, 4.69) is 49.8 Å². The molecule has 10 heteroatoms. The standard InChI is InChI=1S/C30H30FN7S2/c31-24-10-8-23(9-11-24)30(13-3-4-14-30)20-34-28(39)37-27-35-25(18-26(36-27)40-29-32-15-5-16-33-29)38-17-12-21-6-1-2-7-22(21)19-38/h1-2,5-11,15-16,18H,3-4,12-14,17,19-20H2,(H2,34,35,36,37,39). The van der Waals surface area contributed by atoms with Gasteiger partial charge in [-0.05, 0) is 78.1 Å². The Labute approximate surface area is 243 Å². The van der Waals surface area contributed by atoms with Gasteiger partial charge in [0.2, 0.25) is 5.95 Å². The van der Waals surface area contributed by atoms with Crippen molar-refractivity contribution in [2.75, 3.05) is 23.3 Å². The van der Waals surface area contributed by atoms with Crippen molar-refractivity contribution in [3.8, 4) is 0 Å². The summed E-state index contributed by atoms with van der Waals surface area (Å²) in [7, 11) is 0. The fraction of sp³-hybridized carbons (Fsp3) is 0.300. The van der Waals surface area contributed by atoms with Crippen molar-refractivity contribution in [3.05, 3.63) is 95.6 Å². The van der Waals surface area contributed by atoms with Crippen LogP contribution in [0.2, 0.25) is 0 Å². The highest BCUT2D eigenvalue weighted by molar-refractivity contribution is 7.99. The van der Waals surface area contributed by atoms with Crippen LogP contribution in [-0.2, 0) is 18.4 Å². The van der Waals surface area contributed by atoms with Crippen molar-refractivity contribution in [2.45, 2.75) is 54.2 Å². The lowest BCUT2D eigenvalue weighted by molar-refractivity contribution is 0.434. The third-order valence-electron chi connectivity index (χ3n) is 7.71. The Morgan fingerprint density at radius 1 is 0.975 bits per heavy atom. The van der Waals surface area contributed by atoms with E-state index in [1.165, 1.54) is 22.9 Å². The first kappa shape index (κ1) is 26.6. The Bertz CT molecular complexity index is 1480. The van der Waals surface area contributed by atoms with Gasteiger partial charge >= 0.3 is 0 Å². The molecule has 0 bridgehead atoms. The number of halogens is 1. The molecule has 204 valence electrons. The molecule has 2 aliphatic rings. The molecule has 0 unspecified atom stereocenters. The lowest BCUT2D eigenvalue weighted by Crippen LogP contribution is -2.41. The Kier molecular flexibility index (Phi) is 7.88. The number of anilines is 2. The molecule has 2 aromatic carbocycles. The number of nitrogens with zero attached hydrogens (tertiary/aromatic N) is 5. The molecule has 4 aromatic rings. The fourth-order valence-corrected chi connectivity index (χ4v) is 6.50. The summed E-state index contributed by atoms with van der Waals surface area (Å²) in [6.45, 7) is 2.30. The summed E-state index contributed by atoms with van der Waals surface area (Å²) in [5.41, 5.74) is 3.76. The molecule has 0 atom stereocenters. The molecule has 3 heterocycles. The smallest absolute Gasteiger partial charge is 0.232 e. The number of fused-ring (bicyclic) bond motifs is 1. The summed E-state index contributed by atoms with van der Waals surface area (Å²) in [5.74, 6) is 1.03. The molecular formula is C30H30FN7S2. The second-order valence-electron chi connectivity index (χ2n) is 10.3. The average Bonchev–Trinajstić information content (AvgIpc) is 3.47. The number of aromatic nitrogens is 4. The Hall–Kier alpha value is -3.63. The van der Waals surface area contributed by atoms with E-state index >= 15 is 0 Å². The molecule has 6 rings (SSSR count). The highest BCUT2D eigenvalue weighted by Crippen LogP contribution is 2.40. The van der Waals surface area contributed by atoms with Gasteiger partial charge in [0.25, 0.3) is 0 Å². The molecule has 1 aliphatic carbocycles. The van der Waals surface area contributed by atoms with Gasteiger partial charge in [-0.25, -0.2) is 19.3 Å². The zero-order valence-corrected chi connectivity index (χ0v) is 23.6. The third-order valence-corrected chi connectivity index (χ3v) is 8.77. The van der Waals surface area contributed by atoms with E-state index in [1.54, 1.807) is 30.6 Å². The summed E-state index contributed by atoms with van der Waals surface area (Å²) in [6, 6.07) is 19.2. The molecule has 7 nitrogen and oxygen atoms in total. The maximum absolute atomic E-state index is 13.6. The number of benzene rings is 2. The maximum Gasteiger partial charge on any atom is 0.232 e. The van der Waals surface area contributed by atoms with Gasteiger partial charge in [0.15, 0.2) is 10.3 Å². The summed E-state index contributed by atoms with van der Waals surface area (Å²) >= 11 is 7.10. The van der Waals surface area contributed by atoms with E-state index < -0.39 is 0 Å². The molecule has 0 radical (unpaired) electrons. The van der Waals surface area contributed by atoms with Crippen LogP contribution in [0.25, 0.3) is 0 Å². The van der Waals surface area contributed by atoms with Crippen molar-refractivity contribution in [3.63, 3.8) is 0 Å². The largest absolute Gasteiger partial charge is 0.361 e. The van der Waals surface area contributed by atoms with Gasteiger partial charge in [0.1, 0.15) is 16.7 Å². The predicted octanol–water partition coefficient (Wildman–Crippen LogP) is 5.92. The van der Waals surface area contributed by atoms with Crippen LogP contribution in [0.4, 0.5) is 16.2 Å². The molecule has 2 aromatic heterocycles. The van der Waals surface area contributed by atoms with E-state index in [1.807, 2.05) is 18.2 Å². The predicted molar refractivity (Wildman–Crippen MR) is 160 cm³/mol. The number of rotatable bonds is 7. The Morgan fingerprint density at radius 2 is 1.73 bits per heavy atom. The van der Waals surface area contributed by atoms with Crippen LogP contribution in [0, 0.1) is 5.82 Å². The van der Waals surface area contributed by atoms with Crippen LogP contribution in [-0.4, -0.2) is 38.1 Å². The SMILES string of the molecule is Fc1ccc(C2(CNC(=S)Nc3nc(Sc4ncccn4)cc(N4CCc5ccccc5C4)n3)CCCC2)cc1.